The monoisotopic (exact) mass is 758 g/mol. The van der Waals surface area contributed by atoms with E-state index in [0.29, 0.717) is 6.07 Å². The summed E-state index contributed by atoms with van der Waals surface area (Å²) in [5, 5.41) is 7.16. The van der Waals surface area contributed by atoms with Gasteiger partial charge in [0.15, 0.2) is 12.3 Å². The number of fused-ring (bicyclic) bond motifs is 1. The van der Waals surface area contributed by atoms with Crippen LogP contribution in [0.3, 0.4) is 0 Å². The number of anilines is 2. The quantitative estimate of drug-likeness (QED) is 0.146. The second-order valence-electron chi connectivity index (χ2n) is 12.9. The number of hydrogen-bond donors (Lipinski definition) is 4. The van der Waals surface area contributed by atoms with Gasteiger partial charge in [-0.3, -0.25) is 9.59 Å². The number of carbonyl (C=O) groups excluding carboxylic acids is 2. The van der Waals surface area contributed by atoms with Crippen LogP contribution in [0.2, 0.25) is 0 Å². The van der Waals surface area contributed by atoms with Crippen LogP contribution in [0.15, 0.2) is 24.3 Å². The van der Waals surface area contributed by atoms with Crippen molar-refractivity contribution >= 4 is 34.6 Å². The molecule has 0 bridgehead atoms. The molecule has 0 saturated heterocycles. The molecule has 0 radical (unpaired) electrons. The van der Waals surface area contributed by atoms with Gasteiger partial charge >= 0.3 is 18.5 Å². The number of pyridine rings is 1. The number of halogens is 11. The highest BCUT2D eigenvalue weighted by Gasteiger charge is 2.60. The zero-order chi connectivity index (χ0) is 38.1. The molecule has 3 aromatic rings. The van der Waals surface area contributed by atoms with Gasteiger partial charge in [-0.1, -0.05) is 18.9 Å². The normalized spacial score (nSPS) is 19.5. The molecule has 9 nitrogen and oxygen atoms in total. The van der Waals surface area contributed by atoms with Crippen LogP contribution < -0.4 is 20.7 Å². The number of imidazole rings is 1. The van der Waals surface area contributed by atoms with Crippen molar-refractivity contribution in [3.8, 4) is 5.88 Å². The zero-order valence-corrected chi connectivity index (χ0v) is 27.1. The average molecular weight is 759 g/mol. The first-order valence-corrected chi connectivity index (χ1v) is 16.3. The Kier molecular flexibility index (Phi) is 11.1. The van der Waals surface area contributed by atoms with Crippen LogP contribution >= 0.6 is 0 Å². The van der Waals surface area contributed by atoms with Gasteiger partial charge in [0.2, 0.25) is 17.7 Å². The molecule has 2 aliphatic rings. The molecule has 5 rings (SSSR count). The Morgan fingerprint density at radius 3 is 2.19 bits per heavy atom. The van der Waals surface area contributed by atoms with E-state index < -0.39 is 91.2 Å². The highest BCUT2D eigenvalue weighted by molar-refractivity contribution is 5.99. The predicted octanol–water partition coefficient (Wildman–Crippen LogP) is 8.20. The van der Waals surface area contributed by atoms with E-state index in [2.05, 4.69) is 30.9 Å². The molecule has 2 heterocycles. The summed E-state index contributed by atoms with van der Waals surface area (Å²) < 4.78 is 153. The third-order valence-electron chi connectivity index (χ3n) is 9.42. The van der Waals surface area contributed by atoms with Gasteiger partial charge < -0.3 is 25.7 Å². The van der Waals surface area contributed by atoms with Crippen molar-refractivity contribution in [3.05, 3.63) is 41.0 Å². The minimum absolute atomic E-state index is 0.0157. The van der Waals surface area contributed by atoms with Crippen molar-refractivity contribution in [1.82, 2.24) is 25.6 Å². The average Bonchev–Trinajstić information content (AvgIpc) is 3.72. The zero-order valence-electron chi connectivity index (χ0n) is 27.1. The first-order chi connectivity index (χ1) is 24.3. The van der Waals surface area contributed by atoms with Crippen molar-refractivity contribution in [3.63, 3.8) is 0 Å². The van der Waals surface area contributed by atoms with Gasteiger partial charge in [-0.15, -0.1) is 0 Å². The van der Waals surface area contributed by atoms with Crippen LogP contribution in [-0.2, 0) is 17.5 Å². The lowest BCUT2D eigenvalue weighted by atomic mass is 9.81. The number of aromatic amines is 1. The molecule has 0 unspecified atom stereocenters. The lowest BCUT2D eigenvalue weighted by molar-refractivity contribution is -0.220. The number of carbonyl (C=O) groups is 2. The van der Waals surface area contributed by atoms with Gasteiger partial charge in [0.25, 0.3) is 12.3 Å². The Morgan fingerprint density at radius 2 is 1.60 bits per heavy atom. The molecule has 0 aliphatic heterocycles. The predicted molar refractivity (Wildman–Crippen MR) is 163 cm³/mol. The molecule has 20 heteroatoms. The topological polar surface area (TPSA) is 121 Å². The minimum Gasteiger partial charge on any atom is -0.471 e. The summed E-state index contributed by atoms with van der Waals surface area (Å²) in [5.41, 5.74) is -5.07. The van der Waals surface area contributed by atoms with Crippen LogP contribution in [0.4, 0.5) is 59.9 Å². The number of rotatable bonds is 11. The van der Waals surface area contributed by atoms with Gasteiger partial charge in [-0.25, -0.2) is 8.78 Å². The smallest absolute Gasteiger partial charge is 0.418 e. The van der Waals surface area contributed by atoms with E-state index in [9.17, 15) is 57.9 Å². The first-order valence-electron chi connectivity index (χ1n) is 16.3. The van der Waals surface area contributed by atoms with Crippen molar-refractivity contribution in [1.29, 1.82) is 0 Å². The summed E-state index contributed by atoms with van der Waals surface area (Å²) in [6.07, 6.45) is -17.3. The lowest BCUT2D eigenvalue weighted by Gasteiger charge is -2.30. The van der Waals surface area contributed by atoms with E-state index in [4.69, 9.17) is 4.74 Å². The van der Waals surface area contributed by atoms with E-state index in [1.54, 1.807) is 0 Å². The Hall–Kier alpha value is -4.39. The third kappa shape index (κ3) is 8.79. The van der Waals surface area contributed by atoms with E-state index >= 15 is 0 Å². The van der Waals surface area contributed by atoms with E-state index in [-0.39, 0.29) is 79.2 Å². The second-order valence-corrected chi connectivity index (χ2v) is 12.9. The highest BCUT2D eigenvalue weighted by atomic mass is 19.4. The number of H-pyrrole nitrogens is 1. The van der Waals surface area contributed by atoms with Gasteiger partial charge in [-0.05, 0) is 68.2 Å². The van der Waals surface area contributed by atoms with E-state index in [1.165, 1.54) is 0 Å². The number of nitrogens with zero attached hydrogens (tertiary/aromatic N) is 2. The molecule has 2 fully saturated rings. The van der Waals surface area contributed by atoms with Gasteiger partial charge in [-0.2, -0.15) is 49.5 Å². The number of amides is 2. The Balaban J connectivity index is 1.35. The molecule has 4 N–H and O–H groups in total. The van der Waals surface area contributed by atoms with Crippen LogP contribution in [0.1, 0.15) is 72.9 Å². The Morgan fingerprint density at radius 1 is 0.923 bits per heavy atom. The van der Waals surface area contributed by atoms with Gasteiger partial charge in [0, 0.05) is 13.1 Å². The van der Waals surface area contributed by atoms with Crippen LogP contribution in [0.5, 0.6) is 5.88 Å². The molecule has 52 heavy (non-hydrogen) atoms. The molecular formula is C32H33F11N6O3. The van der Waals surface area contributed by atoms with Crippen molar-refractivity contribution in [2.24, 2.45) is 17.3 Å². The summed E-state index contributed by atoms with van der Waals surface area (Å²) in [6, 6.07) is 3.71. The lowest BCUT2D eigenvalue weighted by Crippen LogP contribution is -2.48. The fourth-order valence-corrected chi connectivity index (χ4v) is 6.57. The van der Waals surface area contributed by atoms with Crippen LogP contribution in [-0.4, -0.2) is 58.7 Å². The summed E-state index contributed by atoms with van der Waals surface area (Å²) in [5.74, 6) is -4.82. The second kappa shape index (κ2) is 14.9. The Labute approximate surface area is 288 Å². The molecule has 0 atom stereocenters. The summed E-state index contributed by atoms with van der Waals surface area (Å²) in [7, 11) is 0. The molecule has 0 spiro atoms. The van der Waals surface area contributed by atoms with Crippen molar-refractivity contribution in [2.45, 2.75) is 82.9 Å². The molecule has 2 saturated carbocycles. The Bertz CT molecular complexity index is 1740. The minimum atomic E-state index is -4.92. The maximum absolute atomic E-state index is 14.0. The molecule has 286 valence electrons. The molecule has 2 aliphatic carbocycles. The van der Waals surface area contributed by atoms with Crippen LogP contribution in [0.25, 0.3) is 11.2 Å². The summed E-state index contributed by atoms with van der Waals surface area (Å²) >= 11 is 0. The maximum Gasteiger partial charge on any atom is 0.418 e. The number of hydrogen-bond acceptors (Lipinski definition) is 6. The first kappa shape index (κ1) is 38.8. The number of nitrogens with one attached hydrogen (secondary N) is 4. The van der Waals surface area contributed by atoms with Gasteiger partial charge in [0.05, 0.1) is 22.7 Å². The molecule has 2 aromatic heterocycles. The van der Waals surface area contributed by atoms with Crippen LogP contribution in [0, 0.1) is 17.3 Å². The summed E-state index contributed by atoms with van der Waals surface area (Å²) in [4.78, 5) is 36.4. The summed E-state index contributed by atoms with van der Waals surface area (Å²) in [6.45, 7) is -1.74. The SMILES string of the molecule is O=C(NCC1CCC(C(F)(F)F)CC1)c1cc2[nH]c(Nc3cc(CNC(=O)C4(C(F)(F)F)CCCC4)ccc3C(F)(F)F)nc2nc1OCC(F)F. The number of alkyl halides is 11. The number of benzene rings is 1. The van der Waals surface area contributed by atoms with E-state index in [1.807, 2.05) is 0 Å². The maximum atomic E-state index is 14.0. The van der Waals surface area contributed by atoms with E-state index in [0.717, 1.165) is 18.2 Å². The fourth-order valence-electron chi connectivity index (χ4n) is 6.57. The van der Waals surface area contributed by atoms with Crippen molar-refractivity contribution in [2.75, 3.05) is 18.5 Å². The largest absolute Gasteiger partial charge is 0.471 e. The molecule has 1 aromatic carbocycles. The standard InChI is InChI=1S/C32H33F11N6O3/c33-23(34)15-52-26-19(25(50)44-13-16-3-6-18(7-4-16)30(35,36)37)12-22-24(48-26)49-28(47-22)46-21-11-17(5-8-20(21)31(38,39)40)14-45-27(51)29(32(41,42)43)9-1-2-10-29/h5,8,11-12,16,18,23H,1-4,6-7,9-10,13-15H2,(H,44,50)(H,45,51)(H2,46,47,48,49). The molecule has 2 amide bonds. The van der Waals surface area contributed by atoms with Gasteiger partial charge in [0.1, 0.15) is 11.0 Å². The van der Waals surface area contributed by atoms with Crippen molar-refractivity contribution < 1.29 is 62.6 Å². The number of ether oxygens (including phenoxy) is 1. The highest BCUT2D eigenvalue weighted by Crippen LogP contribution is 2.50. The molecular weight excluding hydrogens is 725 g/mol. The number of aromatic nitrogens is 3. The third-order valence-corrected chi connectivity index (χ3v) is 9.42. The fraction of sp³-hybridized carbons (Fsp3) is 0.562.